The molecule has 2 amide bonds. The predicted molar refractivity (Wildman–Crippen MR) is 137 cm³/mol. The number of aromatic nitrogens is 3. The van der Waals surface area contributed by atoms with Crippen LogP contribution in [0.25, 0.3) is 11.0 Å². The van der Waals surface area contributed by atoms with Crippen molar-refractivity contribution in [2.24, 2.45) is 0 Å². The number of para-hydroxylation sites is 2. The van der Waals surface area contributed by atoms with Crippen LogP contribution in [0.1, 0.15) is 37.0 Å². The molecule has 5 rings (SSSR count). The van der Waals surface area contributed by atoms with E-state index in [0.717, 1.165) is 34.7 Å². The van der Waals surface area contributed by atoms with Crippen molar-refractivity contribution in [2.75, 3.05) is 38.5 Å². The number of carbonyl (C=O) groups is 2. The van der Waals surface area contributed by atoms with Gasteiger partial charge in [0.15, 0.2) is 0 Å². The number of hydrogen-bond acceptors (Lipinski definition) is 7. The fourth-order valence-corrected chi connectivity index (χ4v) is 5.07. The van der Waals surface area contributed by atoms with E-state index in [1.165, 1.54) is 11.5 Å². The summed E-state index contributed by atoms with van der Waals surface area (Å²) in [5.74, 6) is -0.262. The number of carbonyl (C=O) groups excluding carboxylic acids is 2. The van der Waals surface area contributed by atoms with Gasteiger partial charge in [-0.15, -0.1) is 0 Å². The Hall–Kier alpha value is -3.69. The number of fused-ring (bicyclic) bond motifs is 1. The van der Waals surface area contributed by atoms with E-state index in [9.17, 15) is 9.59 Å². The molecule has 0 saturated carbocycles. The smallest absolute Gasteiger partial charge is 0.258 e. The molecule has 9 heteroatoms. The van der Waals surface area contributed by atoms with Gasteiger partial charge in [0.05, 0.1) is 28.0 Å². The topological polar surface area (TPSA) is 91.3 Å². The minimum absolute atomic E-state index is 0.0156. The molecule has 8 nitrogen and oxygen atoms in total. The second kappa shape index (κ2) is 9.89. The summed E-state index contributed by atoms with van der Waals surface area (Å²) in [7, 11) is 2.06. The predicted octanol–water partition coefficient (Wildman–Crippen LogP) is 3.63. The monoisotopic (exact) mass is 486 g/mol. The van der Waals surface area contributed by atoms with Crippen LogP contribution in [0.15, 0.2) is 54.7 Å². The molecular formula is C26H26N6O2S. The van der Waals surface area contributed by atoms with Gasteiger partial charge in [-0.05, 0) is 55.8 Å². The zero-order valence-corrected chi connectivity index (χ0v) is 20.5. The summed E-state index contributed by atoms with van der Waals surface area (Å²) < 4.78 is 4.42. The first-order chi connectivity index (χ1) is 17.0. The molecular weight excluding hydrogens is 460 g/mol. The number of likely N-dealkylation sites (N-methyl/N-ethyl adjacent to an activating group) is 1. The van der Waals surface area contributed by atoms with Gasteiger partial charge in [0.2, 0.25) is 0 Å². The maximum absolute atomic E-state index is 13.3. The van der Waals surface area contributed by atoms with Crippen LogP contribution in [0, 0.1) is 6.92 Å². The van der Waals surface area contributed by atoms with E-state index in [2.05, 4.69) is 31.6 Å². The van der Waals surface area contributed by atoms with Crippen molar-refractivity contribution in [3.63, 3.8) is 0 Å². The Morgan fingerprint density at radius 3 is 2.60 bits per heavy atom. The molecule has 2 aromatic carbocycles. The van der Waals surface area contributed by atoms with Gasteiger partial charge in [-0.1, -0.05) is 18.2 Å². The Kier molecular flexibility index (Phi) is 6.52. The first kappa shape index (κ1) is 23.1. The number of nitrogens with one attached hydrogen (secondary N) is 1. The first-order valence-corrected chi connectivity index (χ1v) is 12.3. The highest BCUT2D eigenvalue weighted by Crippen LogP contribution is 2.24. The van der Waals surface area contributed by atoms with Gasteiger partial charge in [-0.25, -0.2) is 4.98 Å². The van der Waals surface area contributed by atoms with Gasteiger partial charge in [-0.3, -0.25) is 14.6 Å². The lowest BCUT2D eigenvalue weighted by atomic mass is 10.1. The molecule has 178 valence electrons. The maximum Gasteiger partial charge on any atom is 0.258 e. The van der Waals surface area contributed by atoms with E-state index < -0.39 is 0 Å². The lowest BCUT2D eigenvalue weighted by molar-refractivity contribution is 0.0664. The molecule has 0 radical (unpaired) electrons. The van der Waals surface area contributed by atoms with Gasteiger partial charge in [0.1, 0.15) is 0 Å². The minimum atomic E-state index is -0.246. The van der Waals surface area contributed by atoms with E-state index in [1.54, 1.807) is 30.5 Å². The number of piperazine rings is 1. The van der Waals surface area contributed by atoms with Crippen LogP contribution in [0.4, 0.5) is 5.69 Å². The Balaban J connectivity index is 1.33. The minimum Gasteiger partial charge on any atom is -0.336 e. The summed E-state index contributed by atoms with van der Waals surface area (Å²) in [5.41, 5.74) is 4.79. The van der Waals surface area contributed by atoms with Crippen LogP contribution in [0.3, 0.4) is 0 Å². The van der Waals surface area contributed by atoms with Crippen LogP contribution in [0.5, 0.6) is 0 Å². The average Bonchev–Trinajstić information content (AvgIpc) is 3.24. The molecule has 4 aromatic rings. The van der Waals surface area contributed by atoms with Crippen LogP contribution in [-0.4, -0.2) is 69.2 Å². The molecule has 3 heterocycles. The van der Waals surface area contributed by atoms with E-state index in [1.807, 2.05) is 36.1 Å². The van der Waals surface area contributed by atoms with Gasteiger partial charge < -0.3 is 15.1 Å². The molecule has 0 aliphatic carbocycles. The van der Waals surface area contributed by atoms with Gasteiger partial charge in [0, 0.05) is 54.9 Å². The molecule has 1 saturated heterocycles. The van der Waals surface area contributed by atoms with Crippen molar-refractivity contribution < 1.29 is 9.59 Å². The highest BCUT2D eigenvalue weighted by molar-refractivity contribution is 7.06. The zero-order valence-electron chi connectivity index (χ0n) is 19.7. The van der Waals surface area contributed by atoms with E-state index >= 15 is 0 Å². The molecule has 0 spiro atoms. The molecule has 1 aliphatic rings. The standard InChI is InChI=1S/C26H26N6O2S/c1-17-24(23(35-30-17)15-20-16-27-21-8-3-4-9-22(21)28-20)25(33)29-19-7-5-6-18(14-19)26(34)32-12-10-31(2)11-13-32/h3-9,14,16H,10-13,15H2,1-2H3,(H,29,33). The Morgan fingerprint density at radius 1 is 1.03 bits per heavy atom. The third-order valence-corrected chi connectivity index (χ3v) is 7.09. The molecule has 35 heavy (non-hydrogen) atoms. The number of hydrogen-bond donors (Lipinski definition) is 1. The highest BCUT2D eigenvalue weighted by Gasteiger charge is 2.22. The second-order valence-electron chi connectivity index (χ2n) is 8.72. The molecule has 1 fully saturated rings. The van der Waals surface area contributed by atoms with Crippen molar-refractivity contribution in [1.82, 2.24) is 24.1 Å². The van der Waals surface area contributed by atoms with Crippen LogP contribution < -0.4 is 5.32 Å². The van der Waals surface area contributed by atoms with Crippen molar-refractivity contribution in [3.05, 3.63) is 82.1 Å². The summed E-state index contributed by atoms with van der Waals surface area (Å²) in [6, 6.07) is 14.8. The lowest BCUT2D eigenvalue weighted by Crippen LogP contribution is -2.47. The van der Waals surface area contributed by atoms with E-state index in [-0.39, 0.29) is 11.8 Å². The first-order valence-electron chi connectivity index (χ1n) is 11.5. The van der Waals surface area contributed by atoms with Crippen LogP contribution in [-0.2, 0) is 6.42 Å². The maximum atomic E-state index is 13.3. The summed E-state index contributed by atoms with van der Waals surface area (Å²) in [4.78, 5) is 40.3. The average molecular weight is 487 g/mol. The third-order valence-electron chi connectivity index (χ3n) is 6.16. The summed E-state index contributed by atoms with van der Waals surface area (Å²) in [6.45, 7) is 4.95. The van der Waals surface area contributed by atoms with E-state index in [0.29, 0.717) is 42.0 Å². The van der Waals surface area contributed by atoms with Crippen molar-refractivity contribution >= 4 is 40.1 Å². The molecule has 1 N–H and O–H groups in total. The number of aryl methyl sites for hydroxylation is 1. The normalized spacial score (nSPS) is 14.3. The third kappa shape index (κ3) is 5.06. The SMILES string of the molecule is Cc1nsc(Cc2cnc3ccccc3n2)c1C(=O)Nc1cccc(C(=O)N2CCN(C)CC2)c1. The second-order valence-corrected chi connectivity index (χ2v) is 9.58. The molecule has 0 bridgehead atoms. The largest absolute Gasteiger partial charge is 0.336 e. The van der Waals surface area contributed by atoms with Crippen molar-refractivity contribution in [3.8, 4) is 0 Å². The molecule has 0 unspecified atom stereocenters. The molecule has 0 atom stereocenters. The lowest BCUT2D eigenvalue weighted by Gasteiger charge is -2.32. The quantitative estimate of drug-likeness (QED) is 0.463. The van der Waals surface area contributed by atoms with E-state index in [4.69, 9.17) is 0 Å². The Bertz CT molecular complexity index is 1390. The summed E-state index contributed by atoms with van der Waals surface area (Å²) in [5, 5.41) is 2.96. The molecule has 2 aromatic heterocycles. The number of nitrogens with zero attached hydrogens (tertiary/aromatic N) is 5. The fourth-order valence-electron chi connectivity index (χ4n) is 4.19. The van der Waals surface area contributed by atoms with Gasteiger partial charge in [-0.2, -0.15) is 4.37 Å². The number of amides is 2. The Labute approximate surface area is 207 Å². The number of rotatable bonds is 5. The highest BCUT2D eigenvalue weighted by atomic mass is 32.1. The Morgan fingerprint density at radius 2 is 1.80 bits per heavy atom. The van der Waals surface area contributed by atoms with Crippen LogP contribution in [0.2, 0.25) is 0 Å². The van der Waals surface area contributed by atoms with Gasteiger partial charge in [0.25, 0.3) is 11.8 Å². The van der Waals surface area contributed by atoms with Crippen molar-refractivity contribution in [2.45, 2.75) is 13.3 Å². The van der Waals surface area contributed by atoms with Crippen LogP contribution >= 0.6 is 11.5 Å². The van der Waals surface area contributed by atoms with Crippen molar-refractivity contribution in [1.29, 1.82) is 0 Å². The summed E-state index contributed by atoms with van der Waals surface area (Å²) >= 11 is 1.30. The number of benzene rings is 2. The zero-order chi connectivity index (χ0) is 24.4. The fraction of sp³-hybridized carbons (Fsp3) is 0.269. The molecule has 1 aliphatic heterocycles. The summed E-state index contributed by atoms with van der Waals surface area (Å²) in [6.07, 6.45) is 2.21. The number of anilines is 1. The van der Waals surface area contributed by atoms with Gasteiger partial charge >= 0.3 is 0 Å².